The van der Waals surface area contributed by atoms with Crippen LogP contribution in [0.1, 0.15) is 28.8 Å². The van der Waals surface area contributed by atoms with E-state index in [0.29, 0.717) is 5.16 Å². The highest BCUT2D eigenvalue weighted by Crippen LogP contribution is 2.35. The summed E-state index contributed by atoms with van der Waals surface area (Å²) < 4.78 is 6.39. The third kappa shape index (κ3) is 3.41. The molecule has 5 nitrogen and oxygen atoms in total. The van der Waals surface area contributed by atoms with Crippen molar-refractivity contribution in [2.45, 2.75) is 37.8 Å². The quantitative estimate of drug-likeness (QED) is 0.378. The van der Waals surface area contributed by atoms with Gasteiger partial charge in [0, 0.05) is 4.88 Å². The first-order chi connectivity index (χ1) is 13.1. The van der Waals surface area contributed by atoms with E-state index >= 15 is 0 Å². The molecule has 0 atom stereocenters. The zero-order valence-electron chi connectivity index (χ0n) is 15.3. The van der Waals surface area contributed by atoms with Crippen molar-refractivity contribution >= 4 is 39.3 Å². The topological polar surface area (TPSA) is 61.2 Å². The molecule has 7 heteroatoms. The second-order valence-corrected chi connectivity index (χ2v) is 8.66. The van der Waals surface area contributed by atoms with Crippen molar-refractivity contribution < 1.29 is 9.53 Å². The van der Waals surface area contributed by atoms with Crippen LogP contribution in [0.25, 0.3) is 15.9 Å². The Balaban J connectivity index is 1.94. The van der Waals surface area contributed by atoms with Crippen molar-refractivity contribution in [2.24, 2.45) is 0 Å². The third-order valence-corrected chi connectivity index (χ3v) is 6.86. The average molecular weight is 401 g/mol. The molecule has 2 heterocycles. The van der Waals surface area contributed by atoms with E-state index in [9.17, 15) is 9.59 Å². The van der Waals surface area contributed by atoms with Crippen molar-refractivity contribution in [3.8, 4) is 5.69 Å². The Bertz CT molecular complexity index is 1080. The minimum Gasteiger partial charge on any atom is -0.468 e. The summed E-state index contributed by atoms with van der Waals surface area (Å²) in [6.45, 7) is 1.99. The number of nitrogens with zero attached hydrogens (tertiary/aromatic N) is 2. The molecule has 0 unspecified atom stereocenters. The molecule has 0 bridgehead atoms. The number of rotatable bonds is 4. The summed E-state index contributed by atoms with van der Waals surface area (Å²) in [5.41, 5.74) is 2.97. The number of methoxy groups -OCH3 is 1. The van der Waals surface area contributed by atoms with Crippen LogP contribution in [0.5, 0.6) is 0 Å². The number of hydrogen-bond donors (Lipinski definition) is 0. The maximum atomic E-state index is 13.5. The zero-order chi connectivity index (χ0) is 19.0. The van der Waals surface area contributed by atoms with E-state index in [1.807, 2.05) is 31.2 Å². The number of aromatic nitrogens is 2. The molecule has 140 valence electrons. The highest BCUT2D eigenvalue weighted by Gasteiger charge is 2.23. The van der Waals surface area contributed by atoms with E-state index in [-0.39, 0.29) is 17.3 Å². The summed E-state index contributed by atoms with van der Waals surface area (Å²) in [7, 11) is 1.36. The first kappa shape index (κ1) is 18.3. The fraction of sp³-hybridized carbons (Fsp3) is 0.350. The summed E-state index contributed by atoms with van der Waals surface area (Å²) in [4.78, 5) is 32.0. The lowest BCUT2D eigenvalue weighted by Gasteiger charge is -2.13. The third-order valence-electron chi connectivity index (χ3n) is 4.76. The number of benzene rings is 1. The number of hydrogen-bond acceptors (Lipinski definition) is 6. The first-order valence-corrected chi connectivity index (χ1v) is 10.7. The van der Waals surface area contributed by atoms with Crippen molar-refractivity contribution in [1.82, 2.24) is 9.55 Å². The Labute approximate surface area is 165 Å². The number of aryl methyl sites for hydroxylation is 3. The largest absolute Gasteiger partial charge is 0.468 e. The molecule has 0 N–H and O–H groups in total. The predicted octanol–water partition coefficient (Wildman–Crippen LogP) is 3.90. The highest BCUT2D eigenvalue weighted by molar-refractivity contribution is 7.99. The number of thiophene rings is 1. The second-order valence-electron chi connectivity index (χ2n) is 6.63. The number of thioether (sulfide) groups is 1. The van der Waals surface area contributed by atoms with E-state index < -0.39 is 0 Å². The Morgan fingerprint density at radius 1 is 1.33 bits per heavy atom. The normalized spacial score (nSPS) is 13.6. The minimum absolute atomic E-state index is 0.0441. The first-order valence-electron chi connectivity index (χ1n) is 8.92. The van der Waals surface area contributed by atoms with Crippen LogP contribution in [0, 0.1) is 6.92 Å². The van der Waals surface area contributed by atoms with Gasteiger partial charge in [-0.1, -0.05) is 23.9 Å². The summed E-state index contributed by atoms with van der Waals surface area (Å²) in [5, 5.41) is 1.28. The lowest BCUT2D eigenvalue weighted by Crippen LogP contribution is -2.22. The summed E-state index contributed by atoms with van der Waals surface area (Å²) in [6.07, 6.45) is 4.23. The standard InChI is InChI=1S/C20H20N2O3S2/c1-12-6-5-7-13(10-12)22-19(24)17-14-8-3-4-9-15(14)27-18(17)21-20(22)26-11-16(23)25-2/h5-7,10H,3-4,8-9,11H2,1-2H3. The molecular formula is C20H20N2O3S2. The van der Waals surface area contributed by atoms with Gasteiger partial charge in [0.2, 0.25) is 0 Å². The minimum atomic E-state index is -0.337. The van der Waals surface area contributed by atoms with Gasteiger partial charge in [-0.25, -0.2) is 4.98 Å². The Morgan fingerprint density at radius 3 is 2.93 bits per heavy atom. The van der Waals surface area contributed by atoms with Gasteiger partial charge in [-0.2, -0.15) is 0 Å². The lowest BCUT2D eigenvalue weighted by atomic mass is 9.97. The molecule has 0 spiro atoms. The molecule has 0 saturated heterocycles. The molecular weight excluding hydrogens is 380 g/mol. The SMILES string of the molecule is COC(=O)CSc1nc2sc3c(c2c(=O)n1-c1cccc(C)c1)CCCC3. The van der Waals surface area contributed by atoms with Crippen LogP contribution >= 0.6 is 23.1 Å². The van der Waals surface area contributed by atoms with Gasteiger partial charge >= 0.3 is 5.97 Å². The van der Waals surface area contributed by atoms with Gasteiger partial charge < -0.3 is 4.74 Å². The van der Waals surface area contributed by atoms with Crippen LogP contribution in [0.3, 0.4) is 0 Å². The van der Waals surface area contributed by atoms with Crippen molar-refractivity contribution in [3.05, 3.63) is 50.6 Å². The average Bonchev–Trinajstić information content (AvgIpc) is 3.04. The molecule has 1 aliphatic carbocycles. The van der Waals surface area contributed by atoms with Gasteiger partial charge in [0.25, 0.3) is 5.56 Å². The zero-order valence-corrected chi connectivity index (χ0v) is 16.9. The number of carbonyl (C=O) groups excluding carboxylic acids is 1. The van der Waals surface area contributed by atoms with Crippen LogP contribution < -0.4 is 5.56 Å². The summed E-state index contributed by atoms with van der Waals surface area (Å²) in [5.74, 6) is -0.221. The lowest BCUT2D eigenvalue weighted by molar-refractivity contribution is -0.137. The maximum Gasteiger partial charge on any atom is 0.316 e. The van der Waals surface area contributed by atoms with Gasteiger partial charge in [-0.05, 0) is 55.9 Å². The molecule has 1 aliphatic rings. The van der Waals surface area contributed by atoms with E-state index in [1.165, 1.54) is 29.3 Å². The van der Waals surface area contributed by atoms with Gasteiger partial charge in [0.1, 0.15) is 4.83 Å². The van der Waals surface area contributed by atoms with Gasteiger partial charge in [-0.15, -0.1) is 11.3 Å². The number of fused-ring (bicyclic) bond motifs is 3. The van der Waals surface area contributed by atoms with E-state index in [0.717, 1.165) is 47.2 Å². The molecule has 2 aromatic heterocycles. The molecule has 0 saturated carbocycles. The van der Waals surface area contributed by atoms with E-state index in [2.05, 4.69) is 0 Å². The fourth-order valence-electron chi connectivity index (χ4n) is 3.46. The van der Waals surface area contributed by atoms with Crippen LogP contribution in [0.2, 0.25) is 0 Å². The Kier molecular flexibility index (Phi) is 5.06. The van der Waals surface area contributed by atoms with Crippen LogP contribution in [0.15, 0.2) is 34.2 Å². The molecule has 0 radical (unpaired) electrons. The monoisotopic (exact) mass is 400 g/mol. The number of esters is 1. The van der Waals surface area contributed by atoms with E-state index in [4.69, 9.17) is 9.72 Å². The van der Waals surface area contributed by atoms with Crippen molar-refractivity contribution in [2.75, 3.05) is 12.9 Å². The van der Waals surface area contributed by atoms with Crippen molar-refractivity contribution in [3.63, 3.8) is 0 Å². The van der Waals surface area contributed by atoms with Crippen molar-refractivity contribution in [1.29, 1.82) is 0 Å². The predicted molar refractivity (Wildman–Crippen MR) is 109 cm³/mol. The molecule has 0 fully saturated rings. The van der Waals surface area contributed by atoms with Gasteiger partial charge in [0.05, 0.1) is 23.9 Å². The summed E-state index contributed by atoms with van der Waals surface area (Å²) >= 11 is 2.86. The van der Waals surface area contributed by atoms with E-state index in [1.54, 1.807) is 15.9 Å². The fourth-order valence-corrected chi connectivity index (χ4v) is 5.61. The smallest absolute Gasteiger partial charge is 0.316 e. The molecule has 4 rings (SSSR count). The Morgan fingerprint density at radius 2 is 2.15 bits per heavy atom. The highest BCUT2D eigenvalue weighted by atomic mass is 32.2. The van der Waals surface area contributed by atoms with Gasteiger partial charge in [-0.3, -0.25) is 14.2 Å². The van der Waals surface area contributed by atoms with Crippen LogP contribution in [-0.4, -0.2) is 28.4 Å². The molecule has 3 aromatic rings. The summed E-state index contributed by atoms with van der Waals surface area (Å²) in [6, 6.07) is 7.80. The van der Waals surface area contributed by atoms with Crippen LogP contribution in [0.4, 0.5) is 0 Å². The van der Waals surface area contributed by atoms with Crippen LogP contribution in [-0.2, 0) is 22.4 Å². The molecule has 0 amide bonds. The molecule has 1 aromatic carbocycles. The molecule has 27 heavy (non-hydrogen) atoms. The number of carbonyl (C=O) groups is 1. The Hall–Kier alpha value is -2.12. The maximum absolute atomic E-state index is 13.5. The number of ether oxygens (including phenoxy) is 1. The van der Waals surface area contributed by atoms with Gasteiger partial charge in [0.15, 0.2) is 5.16 Å². The molecule has 0 aliphatic heterocycles. The second kappa shape index (κ2) is 7.48.